The largest absolute Gasteiger partial charge is 0.416 e. The fourth-order valence-corrected chi connectivity index (χ4v) is 4.90. The van der Waals surface area contributed by atoms with Crippen molar-refractivity contribution in [2.45, 2.75) is 11.1 Å². The Kier molecular flexibility index (Phi) is 5.74. The topological polar surface area (TPSA) is 59.1 Å². The van der Waals surface area contributed by atoms with Crippen molar-refractivity contribution in [3.05, 3.63) is 89.6 Å². The summed E-state index contributed by atoms with van der Waals surface area (Å²) >= 11 is 1.20. The van der Waals surface area contributed by atoms with E-state index in [1.165, 1.54) is 23.5 Å². The molecule has 0 saturated carbocycles. The zero-order valence-corrected chi connectivity index (χ0v) is 17.7. The Labute approximate surface area is 185 Å². The molecule has 0 bridgehead atoms. The van der Waals surface area contributed by atoms with Crippen molar-refractivity contribution < 1.29 is 26.0 Å². The second kappa shape index (κ2) is 8.36. The third-order valence-electron chi connectivity index (χ3n) is 4.55. The Balaban J connectivity index is 1.65. The molecular formula is C22H14F4N2O2S2. The van der Waals surface area contributed by atoms with Crippen LogP contribution in [0.15, 0.2) is 83.1 Å². The highest BCUT2D eigenvalue weighted by Gasteiger charge is 2.30. The number of nitrogens with zero attached hydrogens (tertiary/aromatic N) is 1. The average Bonchev–Trinajstić information content (AvgIpc) is 3.23. The third-order valence-corrected chi connectivity index (χ3v) is 6.80. The molecule has 0 aliphatic carbocycles. The molecule has 0 aliphatic heterocycles. The predicted molar refractivity (Wildman–Crippen MR) is 115 cm³/mol. The number of aromatic nitrogens is 1. The van der Waals surface area contributed by atoms with E-state index in [0.717, 1.165) is 12.1 Å². The van der Waals surface area contributed by atoms with Gasteiger partial charge in [-0.05, 0) is 42.5 Å². The first-order chi connectivity index (χ1) is 15.1. The minimum Gasteiger partial charge on any atom is -0.279 e. The molecule has 3 aromatic carbocycles. The number of benzene rings is 3. The molecule has 0 aliphatic rings. The minimum absolute atomic E-state index is 0.192. The van der Waals surface area contributed by atoms with Crippen LogP contribution in [0.25, 0.3) is 21.8 Å². The number of thiazole rings is 1. The SMILES string of the molecule is O=S(=O)(Nc1ccccc1-c1csc(-c2ccccc2F)n1)c1ccc(C(F)(F)F)cc1. The molecule has 164 valence electrons. The predicted octanol–water partition coefficient (Wildman–Crippen LogP) is 6.44. The van der Waals surface area contributed by atoms with Crippen LogP contribution in [0.1, 0.15) is 5.56 Å². The van der Waals surface area contributed by atoms with Gasteiger partial charge in [0, 0.05) is 16.5 Å². The first-order valence-electron chi connectivity index (χ1n) is 9.15. The lowest BCUT2D eigenvalue weighted by atomic mass is 10.1. The number of nitrogens with one attached hydrogen (secondary N) is 1. The van der Waals surface area contributed by atoms with E-state index >= 15 is 0 Å². The number of sulfonamides is 1. The van der Waals surface area contributed by atoms with E-state index in [4.69, 9.17) is 0 Å². The van der Waals surface area contributed by atoms with Crippen LogP contribution in [0.3, 0.4) is 0 Å². The van der Waals surface area contributed by atoms with Gasteiger partial charge in [0.1, 0.15) is 10.8 Å². The molecule has 4 rings (SSSR count). The minimum atomic E-state index is -4.57. The van der Waals surface area contributed by atoms with Gasteiger partial charge in [-0.3, -0.25) is 4.72 Å². The maximum atomic E-state index is 14.1. The first-order valence-corrected chi connectivity index (χ1v) is 11.5. The molecule has 1 aromatic heterocycles. The summed E-state index contributed by atoms with van der Waals surface area (Å²) in [5.41, 5.74) is 0.449. The Morgan fingerprint density at radius 3 is 2.12 bits per heavy atom. The van der Waals surface area contributed by atoms with Crippen molar-refractivity contribution in [3.63, 3.8) is 0 Å². The summed E-state index contributed by atoms with van der Waals surface area (Å²) in [6.07, 6.45) is -4.57. The lowest BCUT2D eigenvalue weighted by Gasteiger charge is -2.12. The normalized spacial score (nSPS) is 12.0. The second-order valence-electron chi connectivity index (χ2n) is 6.69. The molecule has 0 radical (unpaired) electrons. The van der Waals surface area contributed by atoms with Gasteiger partial charge < -0.3 is 0 Å². The standard InChI is InChI=1S/C22H14F4N2O2S2/c23-18-7-3-1-5-16(18)21-27-20(13-31-21)17-6-2-4-8-19(17)28-32(29,30)15-11-9-14(10-12-15)22(24,25)26/h1-13,28H. The highest BCUT2D eigenvalue weighted by atomic mass is 32.2. The number of hydrogen-bond acceptors (Lipinski definition) is 4. The van der Waals surface area contributed by atoms with Gasteiger partial charge in [-0.2, -0.15) is 13.2 Å². The molecule has 0 atom stereocenters. The van der Waals surface area contributed by atoms with E-state index < -0.39 is 27.6 Å². The summed E-state index contributed by atoms with van der Waals surface area (Å²) in [5.74, 6) is -0.426. The molecule has 0 amide bonds. The smallest absolute Gasteiger partial charge is 0.279 e. The van der Waals surface area contributed by atoms with Crippen molar-refractivity contribution in [3.8, 4) is 21.8 Å². The van der Waals surface area contributed by atoms with E-state index in [2.05, 4.69) is 9.71 Å². The number of para-hydroxylation sites is 1. The number of rotatable bonds is 5. The van der Waals surface area contributed by atoms with Crippen LogP contribution in [0.4, 0.5) is 23.2 Å². The van der Waals surface area contributed by atoms with Gasteiger partial charge in [0.2, 0.25) is 0 Å². The summed E-state index contributed by atoms with van der Waals surface area (Å²) in [6, 6.07) is 15.8. The first kappa shape index (κ1) is 22.0. The van der Waals surface area contributed by atoms with E-state index in [0.29, 0.717) is 34.0 Å². The number of alkyl halides is 3. The van der Waals surface area contributed by atoms with Gasteiger partial charge in [-0.15, -0.1) is 11.3 Å². The summed E-state index contributed by atoms with van der Waals surface area (Å²) in [7, 11) is -4.16. The Morgan fingerprint density at radius 2 is 1.47 bits per heavy atom. The van der Waals surface area contributed by atoms with Crippen LogP contribution in [0.5, 0.6) is 0 Å². The average molecular weight is 478 g/mol. The van der Waals surface area contributed by atoms with E-state index in [9.17, 15) is 26.0 Å². The number of hydrogen-bond donors (Lipinski definition) is 1. The van der Waals surface area contributed by atoms with Crippen molar-refractivity contribution in [2.24, 2.45) is 0 Å². The van der Waals surface area contributed by atoms with Crippen LogP contribution in [-0.4, -0.2) is 13.4 Å². The van der Waals surface area contributed by atoms with Gasteiger partial charge in [-0.1, -0.05) is 30.3 Å². The van der Waals surface area contributed by atoms with E-state index in [-0.39, 0.29) is 10.6 Å². The monoisotopic (exact) mass is 478 g/mol. The van der Waals surface area contributed by atoms with Crippen LogP contribution in [0.2, 0.25) is 0 Å². The van der Waals surface area contributed by atoms with Crippen molar-refractivity contribution in [2.75, 3.05) is 4.72 Å². The maximum absolute atomic E-state index is 14.1. The van der Waals surface area contributed by atoms with Crippen molar-refractivity contribution >= 4 is 27.0 Å². The maximum Gasteiger partial charge on any atom is 0.416 e. The van der Waals surface area contributed by atoms with Crippen LogP contribution in [0, 0.1) is 5.82 Å². The van der Waals surface area contributed by atoms with Crippen molar-refractivity contribution in [1.29, 1.82) is 0 Å². The molecule has 0 fully saturated rings. The molecular weight excluding hydrogens is 464 g/mol. The van der Waals surface area contributed by atoms with Crippen LogP contribution >= 0.6 is 11.3 Å². The quantitative estimate of drug-likeness (QED) is 0.336. The fraction of sp³-hybridized carbons (Fsp3) is 0.0455. The number of halogens is 4. The van der Waals surface area contributed by atoms with Gasteiger partial charge in [0.05, 0.1) is 21.8 Å². The molecule has 10 heteroatoms. The number of anilines is 1. The van der Waals surface area contributed by atoms with Crippen LogP contribution < -0.4 is 4.72 Å². The van der Waals surface area contributed by atoms with Gasteiger partial charge >= 0.3 is 6.18 Å². The molecule has 1 heterocycles. The highest BCUT2D eigenvalue weighted by molar-refractivity contribution is 7.92. The second-order valence-corrected chi connectivity index (χ2v) is 9.23. The lowest BCUT2D eigenvalue weighted by Crippen LogP contribution is -2.14. The molecule has 4 aromatic rings. The van der Waals surface area contributed by atoms with E-state index in [1.54, 1.807) is 41.8 Å². The third kappa shape index (κ3) is 4.51. The van der Waals surface area contributed by atoms with Crippen LogP contribution in [-0.2, 0) is 16.2 Å². The Hall–Kier alpha value is -3.24. The lowest BCUT2D eigenvalue weighted by molar-refractivity contribution is -0.137. The molecule has 4 nitrogen and oxygen atoms in total. The molecule has 1 N–H and O–H groups in total. The molecule has 0 unspecified atom stereocenters. The molecule has 0 saturated heterocycles. The molecule has 32 heavy (non-hydrogen) atoms. The van der Waals surface area contributed by atoms with Gasteiger partial charge in [0.25, 0.3) is 10.0 Å². The Bertz CT molecular complexity index is 1370. The van der Waals surface area contributed by atoms with Gasteiger partial charge in [0.15, 0.2) is 0 Å². The summed E-state index contributed by atoms with van der Waals surface area (Å²) in [4.78, 5) is 4.12. The van der Waals surface area contributed by atoms with Crippen molar-refractivity contribution in [1.82, 2.24) is 4.98 Å². The fourth-order valence-electron chi connectivity index (χ4n) is 2.98. The zero-order valence-electron chi connectivity index (χ0n) is 16.1. The van der Waals surface area contributed by atoms with E-state index in [1.807, 2.05) is 0 Å². The summed E-state index contributed by atoms with van der Waals surface area (Å²) in [5, 5.41) is 2.10. The van der Waals surface area contributed by atoms with Gasteiger partial charge in [-0.25, -0.2) is 17.8 Å². The summed E-state index contributed by atoms with van der Waals surface area (Å²) in [6.45, 7) is 0. The highest BCUT2D eigenvalue weighted by Crippen LogP contribution is 2.35. The molecule has 0 spiro atoms. The Morgan fingerprint density at radius 1 is 0.844 bits per heavy atom. The zero-order chi connectivity index (χ0) is 22.9. The summed E-state index contributed by atoms with van der Waals surface area (Å²) < 4.78 is 80.3.